The number of aryl methyl sites for hydroxylation is 1. The van der Waals surface area contributed by atoms with Gasteiger partial charge < -0.3 is 5.32 Å². The van der Waals surface area contributed by atoms with Crippen molar-refractivity contribution in [3.63, 3.8) is 0 Å². The Morgan fingerprint density at radius 3 is 2.56 bits per heavy atom. The number of hydrogen-bond acceptors (Lipinski definition) is 3. The first-order valence-corrected chi connectivity index (χ1v) is 7.97. The fourth-order valence-electron chi connectivity index (χ4n) is 1.86. The first-order chi connectivity index (χ1) is 8.55. The SMILES string of the molecule is Cc1ccc(CNS(=O)(=O)CCC2CCN2)cc1. The molecule has 1 heterocycles. The molecule has 1 aliphatic rings. The Morgan fingerprint density at radius 2 is 2.00 bits per heavy atom. The molecule has 4 nitrogen and oxygen atoms in total. The lowest BCUT2D eigenvalue weighted by atomic mass is 10.1. The summed E-state index contributed by atoms with van der Waals surface area (Å²) in [4.78, 5) is 0. The van der Waals surface area contributed by atoms with E-state index in [9.17, 15) is 8.42 Å². The van der Waals surface area contributed by atoms with Crippen molar-refractivity contribution in [2.24, 2.45) is 0 Å². The zero-order valence-electron chi connectivity index (χ0n) is 10.6. The van der Waals surface area contributed by atoms with Crippen molar-refractivity contribution in [2.45, 2.75) is 32.4 Å². The minimum Gasteiger partial charge on any atom is -0.314 e. The van der Waals surface area contributed by atoms with Crippen molar-refractivity contribution in [3.05, 3.63) is 35.4 Å². The summed E-state index contributed by atoms with van der Waals surface area (Å²) < 4.78 is 26.2. The fraction of sp³-hybridized carbons (Fsp3) is 0.538. The molecule has 100 valence electrons. The number of benzene rings is 1. The average Bonchev–Trinajstić information content (AvgIpc) is 2.26. The molecule has 1 aliphatic heterocycles. The van der Waals surface area contributed by atoms with Gasteiger partial charge in [0.25, 0.3) is 0 Å². The summed E-state index contributed by atoms with van der Waals surface area (Å²) >= 11 is 0. The highest BCUT2D eigenvalue weighted by Crippen LogP contribution is 2.08. The van der Waals surface area contributed by atoms with Gasteiger partial charge in [0.15, 0.2) is 0 Å². The highest BCUT2D eigenvalue weighted by molar-refractivity contribution is 7.89. The van der Waals surface area contributed by atoms with Crippen LogP contribution in [0.2, 0.25) is 0 Å². The smallest absolute Gasteiger partial charge is 0.211 e. The van der Waals surface area contributed by atoms with E-state index in [0.29, 0.717) is 19.0 Å². The highest BCUT2D eigenvalue weighted by atomic mass is 32.2. The Labute approximate surface area is 109 Å². The van der Waals surface area contributed by atoms with Crippen molar-refractivity contribution in [1.29, 1.82) is 0 Å². The maximum atomic E-state index is 11.8. The first-order valence-electron chi connectivity index (χ1n) is 6.31. The highest BCUT2D eigenvalue weighted by Gasteiger charge is 2.19. The van der Waals surface area contributed by atoms with Gasteiger partial charge in [-0.1, -0.05) is 29.8 Å². The summed E-state index contributed by atoms with van der Waals surface area (Å²) in [5.41, 5.74) is 2.17. The summed E-state index contributed by atoms with van der Waals surface area (Å²) in [7, 11) is -3.15. The Morgan fingerprint density at radius 1 is 1.33 bits per heavy atom. The number of hydrogen-bond donors (Lipinski definition) is 2. The molecule has 1 fully saturated rings. The number of sulfonamides is 1. The molecule has 18 heavy (non-hydrogen) atoms. The van der Waals surface area contributed by atoms with Crippen LogP contribution in [-0.4, -0.2) is 26.8 Å². The van der Waals surface area contributed by atoms with Crippen LogP contribution in [0.5, 0.6) is 0 Å². The molecule has 5 heteroatoms. The third kappa shape index (κ3) is 4.08. The van der Waals surface area contributed by atoms with Gasteiger partial charge in [-0.25, -0.2) is 13.1 Å². The molecule has 1 aromatic carbocycles. The van der Waals surface area contributed by atoms with Crippen LogP contribution >= 0.6 is 0 Å². The van der Waals surface area contributed by atoms with E-state index in [-0.39, 0.29) is 5.75 Å². The molecule has 1 atom stereocenters. The Hall–Kier alpha value is -0.910. The molecule has 0 radical (unpaired) electrons. The van der Waals surface area contributed by atoms with Gasteiger partial charge in [-0.2, -0.15) is 0 Å². The van der Waals surface area contributed by atoms with Crippen molar-refractivity contribution in [1.82, 2.24) is 10.0 Å². The molecule has 1 aromatic rings. The van der Waals surface area contributed by atoms with Gasteiger partial charge in [0.05, 0.1) is 5.75 Å². The summed E-state index contributed by atoms with van der Waals surface area (Å²) in [6, 6.07) is 8.27. The fourth-order valence-corrected chi connectivity index (χ4v) is 2.99. The van der Waals surface area contributed by atoms with Gasteiger partial charge >= 0.3 is 0 Å². The molecular formula is C13H20N2O2S. The zero-order chi connectivity index (χ0) is 13.0. The molecule has 1 unspecified atom stereocenters. The largest absolute Gasteiger partial charge is 0.314 e. The van der Waals surface area contributed by atoms with Crippen molar-refractivity contribution in [2.75, 3.05) is 12.3 Å². The van der Waals surface area contributed by atoms with Crippen LogP contribution in [0.4, 0.5) is 0 Å². The van der Waals surface area contributed by atoms with Crippen LogP contribution in [0.25, 0.3) is 0 Å². The van der Waals surface area contributed by atoms with E-state index in [0.717, 1.165) is 18.5 Å². The second-order valence-electron chi connectivity index (χ2n) is 4.85. The van der Waals surface area contributed by atoms with E-state index >= 15 is 0 Å². The van der Waals surface area contributed by atoms with E-state index < -0.39 is 10.0 Å². The molecule has 0 spiro atoms. The van der Waals surface area contributed by atoms with Gasteiger partial charge in [-0.3, -0.25) is 0 Å². The summed E-state index contributed by atoms with van der Waals surface area (Å²) in [5.74, 6) is 0.205. The lowest BCUT2D eigenvalue weighted by Gasteiger charge is -2.27. The number of nitrogens with one attached hydrogen (secondary N) is 2. The number of rotatable bonds is 6. The minimum atomic E-state index is -3.15. The van der Waals surface area contributed by atoms with Crippen molar-refractivity contribution >= 4 is 10.0 Å². The molecule has 0 aliphatic carbocycles. The van der Waals surface area contributed by atoms with Crippen LogP contribution in [-0.2, 0) is 16.6 Å². The summed E-state index contributed by atoms with van der Waals surface area (Å²) in [6.07, 6.45) is 1.79. The zero-order valence-corrected chi connectivity index (χ0v) is 11.5. The van der Waals surface area contributed by atoms with Crippen LogP contribution in [0.1, 0.15) is 24.0 Å². The second kappa shape index (κ2) is 5.82. The minimum absolute atomic E-state index is 0.205. The summed E-state index contributed by atoms with van der Waals surface area (Å²) in [5, 5.41) is 3.21. The van der Waals surface area contributed by atoms with Crippen LogP contribution < -0.4 is 10.0 Å². The second-order valence-corrected chi connectivity index (χ2v) is 6.78. The van der Waals surface area contributed by atoms with Crippen LogP contribution in [0.3, 0.4) is 0 Å². The van der Waals surface area contributed by atoms with E-state index in [4.69, 9.17) is 0 Å². The standard InChI is InChI=1S/C13H20N2O2S/c1-11-2-4-12(5-3-11)10-15-18(16,17)9-7-13-6-8-14-13/h2-5,13-15H,6-10H2,1H3. The maximum Gasteiger partial charge on any atom is 0.211 e. The Kier molecular flexibility index (Phi) is 4.37. The predicted molar refractivity (Wildman–Crippen MR) is 72.8 cm³/mol. The topological polar surface area (TPSA) is 58.2 Å². The first kappa shape index (κ1) is 13.5. The van der Waals surface area contributed by atoms with E-state index in [2.05, 4.69) is 10.0 Å². The van der Waals surface area contributed by atoms with Crippen LogP contribution in [0, 0.1) is 6.92 Å². The molecule has 0 saturated carbocycles. The monoisotopic (exact) mass is 268 g/mol. The van der Waals surface area contributed by atoms with E-state index in [1.165, 1.54) is 5.56 Å². The van der Waals surface area contributed by atoms with Gasteiger partial charge in [-0.05, 0) is 31.9 Å². The summed E-state index contributed by atoms with van der Waals surface area (Å²) in [6.45, 7) is 3.40. The average molecular weight is 268 g/mol. The predicted octanol–water partition coefficient (Wildman–Crippen LogP) is 1.17. The van der Waals surface area contributed by atoms with Gasteiger partial charge in [0.1, 0.15) is 0 Å². The molecule has 0 bridgehead atoms. The molecule has 2 N–H and O–H groups in total. The van der Waals surface area contributed by atoms with E-state index in [1.807, 2.05) is 31.2 Å². The molecule has 0 aromatic heterocycles. The van der Waals surface area contributed by atoms with Gasteiger partial charge in [-0.15, -0.1) is 0 Å². The van der Waals surface area contributed by atoms with Crippen molar-refractivity contribution in [3.8, 4) is 0 Å². The van der Waals surface area contributed by atoms with E-state index in [1.54, 1.807) is 0 Å². The third-order valence-electron chi connectivity index (χ3n) is 3.28. The third-order valence-corrected chi connectivity index (χ3v) is 4.63. The molecular weight excluding hydrogens is 248 g/mol. The quantitative estimate of drug-likeness (QED) is 0.814. The lowest BCUT2D eigenvalue weighted by Crippen LogP contribution is -2.44. The van der Waals surface area contributed by atoms with Gasteiger partial charge in [0, 0.05) is 12.6 Å². The maximum absolute atomic E-state index is 11.8. The lowest BCUT2D eigenvalue weighted by molar-refractivity contribution is 0.361. The van der Waals surface area contributed by atoms with Crippen molar-refractivity contribution < 1.29 is 8.42 Å². The van der Waals surface area contributed by atoms with Gasteiger partial charge in [0.2, 0.25) is 10.0 Å². The molecule has 2 rings (SSSR count). The Balaban J connectivity index is 1.78. The molecule has 0 amide bonds. The van der Waals surface area contributed by atoms with Crippen LogP contribution in [0.15, 0.2) is 24.3 Å². The Bertz CT molecular complexity index is 478. The normalized spacial score (nSPS) is 19.5. The molecule has 1 saturated heterocycles.